The minimum absolute atomic E-state index is 0.889. The summed E-state index contributed by atoms with van der Waals surface area (Å²) in [5.41, 5.74) is 9.84. The molecule has 11 aromatic rings. The van der Waals surface area contributed by atoms with Crippen molar-refractivity contribution in [3.8, 4) is 22.3 Å². The summed E-state index contributed by atoms with van der Waals surface area (Å²) in [6, 6.07) is 68.0. The van der Waals surface area contributed by atoms with Gasteiger partial charge in [-0.25, -0.2) is 0 Å². The van der Waals surface area contributed by atoms with Gasteiger partial charge in [-0.3, -0.25) is 0 Å². The number of fused-ring (bicyclic) bond motifs is 9. The van der Waals surface area contributed by atoms with Gasteiger partial charge in [-0.05, 0) is 82.1 Å². The summed E-state index contributed by atoms with van der Waals surface area (Å²) in [6.07, 6.45) is 0. The number of thiophene rings is 1. The fourth-order valence-corrected chi connectivity index (χ4v) is 9.28. The predicted octanol–water partition coefficient (Wildman–Crippen LogP) is 15.1. The highest BCUT2D eigenvalue weighted by atomic mass is 32.1. The minimum Gasteiger partial charge on any atom is -0.455 e. The van der Waals surface area contributed by atoms with Crippen LogP contribution in [0, 0.1) is 0 Å². The average molecular weight is 694 g/mol. The molecule has 2 aromatic heterocycles. The van der Waals surface area contributed by atoms with Crippen molar-refractivity contribution in [3.63, 3.8) is 0 Å². The highest BCUT2D eigenvalue weighted by Gasteiger charge is 2.22. The molecule has 248 valence electrons. The lowest BCUT2D eigenvalue weighted by Crippen LogP contribution is -2.11. The average Bonchev–Trinajstić information content (AvgIpc) is 3.80. The molecule has 0 saturated carbocycles. The van der Waals surface area contributed by atoms with Gasteiger partial charge in [0, 0.05) is 53.0 Å². The van der Waals surface area contributed by atoms with Crippen molar-refractivity contribution in [2.24, 2.45) is 0 Å². The number of furan rings is 1. The number of nitrogens with zero attached hydrogens (tertiary/aromatic N) is 1. The van der Waals surface area contributed by atoms with Crippen LogP contribution in [-0.2, 0) is 0 Å². The van der Waals surface area contributed by atoms with E-state index in [1.807, 2.05) is 11.3 Å². The van der Waals surface area contributed by atoms with Crippen molar-refractivity contribution in [1.29, 1.82) is 0 Å². The van der Waals surface area contributed by atoms with E-state index in [1.54, 1.807) is 0 Å². The predicted molar refractivity (Wildman–Crippen MR) is 227 cm³/mol. The summed E-state index contributed by atoms with van der Waals surface area (Å²) in [4.78, 5) is 2.42. The van der Waals surface area contributed by atoms with E-state index in [-0.39, 0.29) is 0 Å². The van der Waals surface area contributed by atoms with Gasteiger partial charge < -0.3 is 9.32 Å². The smallest absolute Gasteiger partial charge is 0.143 e. The first kappa shape index (κ1) is 30.0. The third-order valence-corrected chi connectivity index (χ3v) is 11.8. The molecule has 2 heterocycles. The zero-order chi connectivity index (χ0) is 34.9. The van der Waals surface area contributed by atoms with Crippen molar-refractivity contribution in [2.45, 2.75) is 0 Å². The van der Waals surface area contributed by atoms with E-state index < -0.39 is 0 Å². The molecule has 0 bridgehead atoms. The van der Waals surface area contributed by atoms with Crippen LogP contribution in [0.5, 0.6) is 0 Å². The van der Waals surface area contributed by atoms with Gasteiger partial charge in [0.1, 0.15) is 11.2 Å². The summed E-state index contributed by atoms with van der Waals surface area (Å²) in [6.45, 7) is 0. The largest absolute Gasteiger partial charge is 0.455 e. The maximum Gasteiger partial charge on any atom is 0.143 e. The Balaban J connectivity index is 1.11. The Morgan fingerprint density at radius 2 is 1.04 bits per heavy atom. The Bertz CT molecular complexity index is 3180. The lowest BCUT2D eigenvalue weighted by Gasteiger charge is -2.29. The molecular weight excluding hydrogens is 663 g/mol. The molecule has 11 rings (SSSR count). The summed E-state index contributed by atoms with van der Waals surface area (Å²) < 4.78 is 9.29. The van der Waals surface area contributed by atoms with Crippen LogP contribution in [-0.4, -0.2) is 0 Å². The van der Waals surface area contributed by atoms with Crippen molar-refractivity contribution >= 4 is 92.1 Å². The quantitative estimate of drug-likeness (QED) is 0.178. The Morgan fingerprint density at radius 3 is 1.92 bits per heavy atom. The van der Waals surface area contributed by atoms with Gasteiger partial charge in [0.05, 0.1) is 11.4 Å². The number of hydrogen-bond acceptors (Lipinski definition) is 3. The Morgan fingerprint density at radius 1 is 0.396 bits per heavy atom. The molecule has 0 N–H and O–H groups in total. The Kier molecular flexibility index (Phi) is 6.76. The molecule has 0 fully saturated rings. The zero-order valence-electron chi connectivity index (χ0n) is 28.7. The number of anilines is 3. The molecule has 0 spiro atoms. The lowest BCUT2D eigenvalue weighted by molar-refractivity contribution is 0.673. The maximum atomic E-state index is 6.64. The topological polar surface area (TPSA) is 16.4 Å². The number of hydrogen-bond donors (Lipinski definition) is 0. The van der Waals surface area contributed by atoms with Crippen molar-refractivity contribution in [2.75, 3.05) is 4.90 Å². The second kappa shape index (κ2) is 11.9. The van der Waals surface area contributed by atoms with Crippen LogP contribution in [0.15, 0.2) is 192 Å². The monoisotopic (exact) mass is 693 g/mol. The lowest BCUT2D eigenvalue weighted by atomic mass is 9.95. The molecule has 0 aliphatic heterocycles. The molecule has 0 atom stereocenters. The van der Waals surface area contributed by atoms with Gasteiger partial charge in [-0.1, -0.05) is 133 Å². The van der Waals surface area contributed by atoms with Gasteiger partial charge in [0.2, 0.25) is 0 Å². The van der Waals surface area contributed by atoms with E-state index in [0.29, 0.717) is 0 Å². The number of para-hydroxylation sites is 1. The molecule has 0 saturated heterocycles. The number of benzene rings is 9. The fourth-order valence-electron chi connectivity index (χ4n) is 8.19. The van der Waals surface area contributed by atoms with Gasteiger partial charge in [0.15, 0.2) is 0 Å². The second-order valence-corrected chi connectivity index (χ2v) is 14.7. The Hall–Kier alpha value is -6.68. The van der Waals surface area contributed by atoms with Crippen LogP contribution in [0.25, 0.3) is 85.9 Å². The van der Waals surface area contributed by atoms with Crippen molar-refractivity contribution in [3.05, 3.63) is 188 Å². The molecule has 9 aromatic carbocycles. The van der Waals surface area contributed by atoms with E-state index in [2.05, 4.69) is 193 Å². The van der Waals surface area contributed by atoms with Crippen LogP contribution < -0.4 is 4.90 Å². The molecule has 3 heteroatoms. The minimum atomic E-state index is 0.889. The highest BCUT2D eigenvalue weighted by molar-refractivity contribution is 7.25. The van der Waals surface area contributed by atoms with Gasteiger partial charge >= 0.3 is 0 Å². The number of rotatable bonds is 5. The van der Waals surface area contributed by atoms with E-state index in [0.717, 1.165) is 55.5 Å². The van der Waals surface area contributed by atoms with Crippen LogP contribution >= 0.6 is 11.3 Å². The normalized spacial score (nSPS) is 11.8. The third kappa shape index (κ3) is 4.78. The van der Waals surface area contributed by atoms with E-state index >= 15 is 0 Å². The van der Waals surface area contributed by atoms with Crippen LogP contribution in [0.1, 0.15) is 0 Å². The standard InChI is InChI=1S/C50H31NOS/c1-3-14-37-33(11-1)13-9-20-44(37)51(36-27-23-32(24-28-36)35-26-30-48-43(31-35)40-17-6-8-22-47(40)53-48)45-19-7-5-16-39(45)41-18-10-21-46-49(41)42-29-25-34-12-2-4-15-38(34)50(42)52-46/h1-31H. The van der Waals surface area contributed by atoms with E-state index in [9.17, 15) is 0 Å². The van der Waals surface area contributed by atoms with Crippen LogP contribution in [0.4, 0.5) is 17.1 Å². The third-order valence-electron chi connectivity index (χ3n) is 10.7. The summed E-state index contributed by atoms with van der Waals surface area (Å²) in [7, 11) is 0. The molecule has 0 amide bonds. The Labute approximate surface area is 310 Å². The van der Waals surface area contributed by atoms with Gasteiger partial charge in [0.25, 0.3) is 0 Å². The van der Waals surface area contributed by atoms with Crippen LogP contribution in [0.3, 0.4) is 0 Å². The first-order valence-corrected chi connectivity index (χ1v) is 18.8. The highest BCUT2D eigenvalue weighted by Crippen LogP contribution is 2.47. The van der Waals surface area contributed by atoms with Gasteiger partial charge in [-0.2, -0.15) is 0 Å². The first-order chi connectivity index (χ1) is 26.3. The molecular formula is C50H31NOS. The summed E-state index contributed by atoms with van der Waals surface area (Å²) in [5, 5.41) is 9.59. The molecule has 2 nitrogen and oxygen atoms in total. The van der Waals surface area contributed by atoms with E-state index in [4.69, 9.17) is 4.42 Å². The molecule has 53 heavy (non-hydrogen) atoms. The molecule has 0 radical (unpaired) electrons. The van der Waals surface area contributed by atoms with E-state index in [1.165, 1.54) is 47.5 Å². The summed E-state index contributed by atoms with van der Waals surface area (Å²) in [5.74, 6) is 0. The summed E-state index contributed by atoms with van der Waals surface area (Å²) >= 11 is 1.86. The zero-order valence-corrected chi connectivity index (χ0v) is 29.5. The van der Waals surface area contributed by atoms with Crippen molar-refractivity contribution in [1.82, 2.24) is 0 Å². The maximum absolute atomic E-state index is 6.64. The first-order valence-electron chi connectivity index (χ1n) is 18.0. The SMILES string of the molecule is c1ccc(N(c2ccc(-c3ccc4sc5ccccc5c4c3)cc2)c2cccc3ccccc23)c(-c2cccc3oc4c5ccccc5ccc4c23)c1. The van der Waals surface area contributed by atoms with Crippen molar-refractivity contribution < 1.29 is 4.42 Å². The molecule has 0 aliphatic carbocycles. The fraction of sp³-hybridized carbons (Fsp3) is 0. The molecule has 0 aliphatic rings. The van der Waals surface area contributed by atoms with Crippen LogP contribution in [0.2, 0.25) is 0 Å². The van der Waals surface area contributed by atoms with Gasteiger partial charge in [-0.15, -0.1) is 11.3 Å². The molecule has 0 unspecified atom stereocenters. The second-order valence-electron chi connectivity index (χ2n) is 13.7.